The summed E-state index contributed by atoms with van der Waals surface area (Å²) < 4.78 is 11.1. The number of nitrogens with zero attached hydrogens (tertiary/aromatic N) is 1. The molecule has 1 aromatic rings. The van der Waals surface area contributed by atoms with Gasteiger partial charge in [-0.15, -0.1) is 6.58 Å². The molecule has 0 radical (unpaired) electrons. The average Bonchev–Trinajstić information content (AvgIpc) is 2.55. The fraction of sp³-hybridized carbons (Fsp3) is 0.650. The molecule has 1 aliphatic carbocycles. The number of hydrogen-bond acceptors (Lipinski definition) is 4. The molecule has 0 spiro atoms. The predicted octanol–water partition coefficient (Wildman–Crippen LogP) is 4.81. The number of anilines is 1. The Bertz CT molecular complexity index is 529. The summed E-state index contributed by atoms with van der Waals surface area (Å²) in [7, 11) is 1.69. The van der Waals surface area contributed by atoms with Gasteiger partial charge in [0.2, 0.25) is 0 Å². The molecule has 134 valence electrons. The van der Waals surface area contributed by atoms with Crippen molar-refractivity contribution >= 4 is 5.69 Å². The van der Waals surface area contributed by atoms with E-state index < -0.39 is 0 Å². The van der Waals surface area contributed by atoms with Gasteiger partial charge in [0.05, 0.1) is 26.0 Å². The second kappa shape index (κ2) is 8.52. The molecule has 1 aromatic heterocycles. The molecule has 4 nitrogen and oxygen atoms in total. The first-order chi connectivity index (χ1) is 11.5. The van der Waals surface area contributed by atoms with Crippen LogP contribution in [-0.2, 0) is 11.3 Å². The number of methoxy groups -OCH3 is 1. The van der Waals surface area contributed by atoms with Crippen molar-refractivity contribution in [2.75, 3.05) is 19.0 Å². The third-order valence-electron chi connectivity index (χ3n) is 4.97. The van der Waals surface area contributed by atoms with Crippen LogP contribution in [0.25, 0.3) is 0 Å². The van der Waals surface area contributed by atoms with Crippen molar-refractivity contribution in [3.63, 3.8) is 0 Å². The van der Waals surface area contributed by atoms with E-state index in [0.717, 1.165) is 23.0 Å². The summed E-state index contributed by atoms with van der Waals surface area (Å²) in [5.41, 5.74) is 2.26. The van der Waals surface area contributed by atoms with E-state index in [-0.39, 0.29) is 0 Å². The van der Waals surface area contributed by atoms with Gasteiger partial charge in [0, 0.05) is 12.2 Å². The van der Waals surface area contributed by atoms with E-state index in [1.807, 2.05) is 12.3 Å². The molecule has 0 unspecified atom stereocenters. The Morgan fingerprint density at radius 1 is 1.29 bits per heavy atom. The Morgan fingerprint density at radius 2 is 2.00 bits per heavy atom. The SMILES string of the molecule is C=CCOCc1nccc(NC2CCC(C(C)(C)C)CC2)c1OC. The quantitative estimate of drug-likeness (QED) is 0.575. The average molecular weight is 332 g/mol. The van der Waals surface area contributed by atoms with Crippen molar-refractivity contribution < 1.29 is 9.47 Å². The maximum atomic E-state index is 5.59. The van der Waals surface area contributed by atoms with Gasteiger partial charge in [0.1, 0.15) is 5.69 Å². The van der Waals surface area contributed by atoms with Crippen LogP contribution in [0, 0.1) is 11.3 Å². The van der Waals surface area contributed by atoms with Crippen LogP contribution in [0.3, 0.4) is 0 Å². The maximum absolute atomic E-state index is 5.59. The van der Waals surface area contributed by atoms with Gasteiger partial charge in [-0.1, -0.05) is 26.8 Å². The lowest BCUT2D eigenvalue weighted by molar-refractivity contribution is 0.143. The Labute approximate surface area is 146 Å². The van der Waals surface area contributed by atoms with E-state index in [9.17, 15) is 0 Å². The van der Waals surface area contributed by atoms with E-state index in [4.69, 9.17) is 9.47 Å². The van der Waals surface area contributed by atoms with Crippen LogP contribution in [0.4, 0.5) is 5.69 Å². The van der Waals surface area contributed by atoms with E-state index in [0.29, 0.717) is 24.7 Å². The second-order valence-corrected chi connectivity index (χ2v) is 7.70. The highest BCUT2D eigenvalue weighted by atomic mass is 16.5. The summed E-state index contributed by atoms with van der Waals surface area (Å²) in [5.74, 6) is 1.61. The van der Waals surface area contributed by atoms with Crippen LogP contribution < -0.4 is 10.1 Å². The lowest BCUT2D eigenvalue weighted by Crippen LogP contribution is -2.31. The fourth-order valence-corrected chi connectivity index (χ4v) is 3.50. The molecule has 0 amide bonds. The molecule has 24 heavy (non-hydrogen) atoms. The molecule has 0 aliphatic heterocycles. The summed E-state index contributed by atoms with van der Waals surface area (Å²) >= 11 is 0. The number of rotatable bonds is 7. The zero-order valence-corrected chi connectivity index (χ0v) is 15.6. The van der Waals surface area contributed by atoms with E-state index in [1.54, 1.807) is 13.2 Å². The highest BCUT2D eigenvalue weighted by Crippen LogP contribution is 2.39. The molecule has 0 bridgehead atoms. The van der Waals surface area contributed by atoms with Crippen LogP contribution in [0.15, 0.2) is 24.9 Å². The van der Waals surface area contributed by atoms with Gasteiger partial charge in [-0.25, -0.2) is 0 Å². The zero-order valence-electron chi connectivity index (χ0n) is 15.6. The van der Waals surface area contributed by atoms with Gasteiger partial charge in [0.25, 0.3) is 0 Å². The Morgan fingerprint density at radius 3 is 2.58 bits per heavy atom. The third kappa shape index (κ3) is 4.97. The largest absolute Gasteiger partial charge is 0.493 e. The molecule has 0 atom stereocenters. The van der Waals surface area contributed by atoms with E-state index >= 15 is 0 Å². The van der Waals surface area contributed by atoms with Gasteiger partial charge >= 0.3 is 0 Å². The number of pyridine rings is 1. The maximum Gasteiger partial charge on any atom is 0.165 e. The van der Waals surface area contributed by atoms with Crippen molar-refractivity contribution in [3.05, 3.63) is 30.6 Å². The Kier molecular flexibility index (Phi) is 6.67. The molecular weight excluding hydrogens is 300 g/mol. The highest BCUT2D eigenvalue weighted by Gasteiger charge is 2.30. The van der Waals surface area contributed by atoms with Crippen molar-refractivity contribution in [2.45, 2.75) is 59.1 Å². The van der Waals surface area contributed by atoms with Gasteiger partial charge in [-0.3, -0.25) is 4.98 Å². The third-order valence-corrected chi connectivity index (χ3v) is 4.97. The van der Waals surface area contributed by atoms with E-state index in [1.165, 1.54) is 25.7 Å². The fourth-order valence-electron chi connectivity index (χ4n) is 3.50. The summed E-state index contributed by atoms with van der Waals surface area (Å²) in [6, 6.07) is 2.49. The predicted molar refractivity (Wildman–Crippen MR) is 99.5 cm³/mol. The van der Waals surface area contributed by atoms with Gasteiger partial charge in [-0.05, 0) is 43.1 Å². The minimum Gasteiger partial charge on any atom is -0.493 e. The number of nitrogens with one attached hydrogen (secondary N) is 1. The summed E-state index contributed by atoms with van der Waals surface area (Å²) in [4.78, 5) is 4.40. The molecule has 1 heterocycles. The standard InChI is InChI=1S/C20H32N2O2/c1-6-13-24-14-18-19(23-5)17(11-12-21-18)22-16-9-7-15(8-10-16)20(2,3)4/h6,11-12,15-16H,1,7-10,13-14H2,2-5H3,(H,21,22). The molecular formula is C20H32N2O2. The van der Waals surface area contributed by atoms with Crippen molar-refractivity contribution in [1.29, 1.82) is 0 Å². The molecule has 4 heteroatoms. The molecule has 1 N–H and O–H groups in total. The number of aromatic nitrogens is 1. The van der Waals surface area contributed by atoms with Gasteiger partial charge in [-0.2, -0.15) is 0 Å². The van der Waals surface area contributed by atoms with E-state index in [2.05, 4.69) is 37.7 Å². The van der Waals surface area contributed by atoms with Crippen LogP contribution >= 0.6 is 0 Å². The lowest BCUT2D eigenvalue weighted by Gasteiger charge is -2.37. The molecule has 2 rings (SSSR count). The van der Waals surface area contributed by atoms with Crippen molar-refractivity contribution in [1.82, 2.24) is 4.98 Å². The Hall–Kier alpha value is -1.55. The first kappa shape index (κ1) is 18.8. The van der Waals surface area contributed by atoms with Crippen LogP contribution in [0.2, 0.25) is 0 Å². The highest BCUT2D eigenvalue weighted by molar-refractivity contribution is 5.58. The smallest absolute Gasteiger partial charge is 0.165 e. The molecule has 0 aromatic carbocycles. The van der Waals surface area contributed by atoms with Gasteiger partial charge in [0.15, 0.2) is 5.75 Å². The van der Waals surface area contributed by atoms with Crippen LogP contribution in [0.5, 0.6) is 5.75 Å². The molecule has 1 saturated carbocycles. The number of hydrogen-bond donors (Lipinski definition) is 1. The topological polar surface area (TPSA) is 43.4 Å². The van der Waals surface area contributed by atoms with Crippen molar-refractivity contribution in [3.8, 4) is 5.75 Å². The normalized spacial score (nSPS) is 21.3. The van der Waals surface area contributed by atoms with Crippen LogP contribution in [-0.4, -0.2) is 24.7 Å². The Balaban J connectivity index is 2.00. The summed E-state index contributed by atoms with van der Waals surface area (Å²) in [6.07, 6.45) is 8.53. The van der Waals surface area contributed by atoms with Gasteiger partial charge < -0.3 is 14.8 Å². The zero-order chi connectivity index (χ0) is 17.6. The first-order valence-corrected chi connectivity index (χ1v) is 8.92. The van der Waals surface area contributed by atoms with Crippen LogP contribution in [0.1, 0.15) is 52.1 Å². The minimum absolute atomic E-state index is 0.412. The molecule has 1 fully saturated rings. The number of ether oxygens (including phenoxy) is 2. The molecule has 1 aliphatic rings. The van der Waals surface area contributed by atoms with Crippen molar-refractivity contribution in [2.24, 2.45) is 11.3 Å². The minimum atomic E-state index is 0.412. The monoisotopic (exact) mass is 332 g/mol. The first-order valence-electron chi connectivity index (χ1n) is 8.92. The molecule has 0 saturated heterocycles. The summed E-state index contributed by atoms with van der Waals surface area (Å²) in [6.45, 7) is 11.7. The lowest BCUT2D eigenvalue weighted by atomic mass is 9.71. The second-order valence-electron chi connectivity index (χ2n) is 7.70. The summed E-state index contributed by atoms with van der Waals surface area (Å²) in [5, 5.41) is 3.66.